The molecule has 0 saturated carbocycles. The fourth-order valence-electron chi connectivity index (χ4n) is 7.90. The molecule has 4 heteroatoms. The molecule has 0 aliphatic carbocycles. The van der Waals surface area contributed by atoms with Crippen molar-refractivity contribution >= 4 is 42.4 Å². The molecule has 0 spiro atoms. The summed E-state index contributed by atoms with van der Waals surface area (Å²) < 4.78 is 8.94. The van der Waals surface area contributed by atoms with Crippen molar-refractivity contribution in [3.8, 4) is 78.7 Å². The van der Waals surface area contributed by atoms with Crippen molar-refractivity contribution in [1.82, 2.24) is 9.97 Å². The number of rotatable bonds is 5. The lowest BCUT2D eigenvalue weighted by Crippen LogP contribution is -2.00. The molecule has 1 aliphatic rings. The van der Waals surface area contributed by atoms with Crippen molar-refractivity contribution in [2.24, 2.45) is 0 Å². The van der Waals surface area contributed by atoms with Gasteiger partial charge >= 0.3 is 0 Å². The highest BCUT2D eigenvalue weighted by molar-refractivity contribution is 7.26. The van der Waals surface area contributed by atoms with Gasteiger partial charge in [-0.15, -0.1) is 11.3 Å². The van der Waals surface area contributed by atoms with Gasteiger partial charge in [0.2, 0.25) is 0 Å². The first-order valence-corrected chi connectivity index (χ1v) is 19.0. The van der Waals surface area contributed by atoms with Crippen molar-refractivity contribution in [3.63, 3.8) is 0 Å². The van der Waals surface area contributed by atoms with Crippen LogP contribution in [0.3, 0.4) is 0 Å². The number of hydrogen-bond acceptors (Lipinski definition) is 4. The van der Waals surface area contributed by atoms with Gasteiger partial charge in [-0.3, -0.25) is 0 Å². The van der Waals surface area contributed by atoms with Crippen LogP contribution in [0.2, 0.25) is 0 Å². The van der Waals surface area contributed by atoms with Gasteiger partial charge in [-0.25, -0.2) is 9.97 Å². The van der Waals surface area contributed by atoms with Crippen LogP contribution < -0.4 is 4.74 Å². The fourth-order valence-corrected chi connectivity index (χ4v) is 9.05. The molecule has 0 N–H and O–H groups in total. The SMILES string of the molecule is c1ccc(-c2cccc(-c3ccc4c(c3)-c3cccc5c(-c6nc(-c7cccc(-c8ccccc8)c7)c7sc8ccccc8c7n6)ccc(c35)O4)c2)cc1. The number of ether oxygens (including phenoxy) is 1. The zero-order valence-electron chi connectivity index (χ0n) is 29.0. The second kappa shape index (κ2) is 12.4. The van der Waals surface area contributed by atoms with Gasteiger partial charge in [0.25, 0.3) is 0 Å². The van der Waals surface area contributed by atoms with Gasteiger partial charge in [-0.05, 0) is 86.8 Å². The topological polar surface area (TPSA) is 35.0 Å². The fraction of sp³-hybridized carbons (Fsp3) is 0. The Labute approximate surface area is 316 Å². The molecular formula is C50H30N2OS. The molecule has 1 aliphatic heterocycles. The third kappa shape index (κ3) is 5.03. The zero-order valence-corrected chi connectivity index (χ0v) is 29.8. The lowest BCUT2D eigenvalue weighted by atomic mass is 9.90. The smallest absolute Gasteiger partial charge is 0.161 e. The summed E-state index contributed by atoms with van der Waals surface area (Å²) in [4.78, 5) is 10.8. The maximum Gasteiger partial charge on any atom is 0.161 e. The summed E-state index contributed by atoms with van der Waals surface area (Å²) in [6.45, 7) is 0. The molecule has 0 bridgehead atoms. The first kappa shape index (κ1) is 30.7. The summed E-state index contributed by atoms with van der Waals surface area (Å²) in [5.74, 6) is 2.40. The maximum atomic E-state index is 6.65. The summed E-state index contributed by atoms with van der Waals surface area (Å²) in [6, 6.07) is 64.3. The zero-order chi connectivity index (χ0) is 35.6. The summed E-state index contributed by atoms with van der Waals surface area (Å²) in [6.07, 6.45) is 0. The summed E-state index contributed by atoms with van der Waals surface area (Å²) in [5.41, 5.74) is 13.2. The second-order valence-corrected chi connectivity index (χ2v) is 14.8. The molecule has 10 aromatic rings. The Bertz CT molecular complexity index is 3080. The largest absolute Gasteiger partial charge is 0.456 e. The van der Waals surface area contributed by atoms with Crippen LogP contribution in [-0.2, 0) is 0 Å². The molecule has 0 amide bonds. The van der Waals surface area contributed by atoms with Crippen molar-refractivity contribution in [1.29, 1.82) is 0 Å². The minimum absolute atomic E-state index is 0.701. The van der Waals surface area contributed by atoms with E-state index in [9.17, 15) is 0 Å². The van der Waals surface area contributed by atoms with Crippen molar-refractivity contribution in [2.45, 2.75) is 0 Å². The van der Waals surface area contributed by atoms with E-state index in [4.69, 9.17) is 14.7 Å². The van der Waals surface area contributed by atoms with Crippen LogP contribution in [0.15, 0.2) is 182 Å². The first-order chi connectivity index (χ1) is 26.7. The second-order valence-electron chi connectivity index (χ2n) is 13.7. The Morgan fingerprint density at radius 2 is 0.981 bits per heavy atom. The molecule has 0 fully saturated rings. The number of fused-ring (bicyclic) bond motifs is 5. The van der Waals surface area contributed by atoms with Crippen molar-refractivity contribution < 1.29 is 4.74 Å². The van der Waals surface area contributed by atoms with Crippen LogP contribution in [0.1, 0.15) is 0 Å². The van der Waals surface area contributed by atoms with E-state index in [1.807, 2.05) is 0 Å². The number of hydrogen-bond donors (Lipinski definition) is 0. The Kier molecular flexibility index (Phi) is 7.04. The molecule has 0 unspecified atom stereocenters. The van der Waals surface area contributed by atoms with Gasteiger partial charge in [-0.1, -0.05) is 140 Å². The van der Waals surface area contributed by atoms with Gasteiger partial charge in [0.15, 0.2) is 5.82 Å². The number of thiophene rings is 1. The molecule has 0 atom stereocenters. The third-order valence-electron chi connectivity index (χ3n) is 10.5. The minimum Gasteiger partial charge on any atom is -0.456 e. The van der Waals surface area contributed by atoms with Gasteiger partial charge in [0.1, 0.15) is 11.5 Å². The van der Waals surface area contributed by atoms with Crippen LogP contribution in [-0.4, -0.2) is 9.97 Å². The average molecular weight is 707 g/mol. The van der Waals surface area contributed by atoms with E-state index in [0.717, 1.165) is 76.9 Å². The highest BCUT2D eigenvalue weighted by atomic mass is 32.1. The van der Waals surface area contributed by atoms with Crippen LogP contribution in [0.5, 0.6) is 11.5 Å². The number of aromatic nitrogens is 2. The number of benzene rings is 8. The van der Waals surface area contributed by atoms with Crippen LogP contribution in [0.25, 0.3) is 98.2 Å². The van der Waals surface area contributed by atoms with Gasteiger partial charge in [0.05, 0.1) is 15.9 Å². The summed E-state index contributed by atoms with van der Waals surface area (Å²) >= 11 is 1.76. The molecular weight excluding hydrogens is 677 g/mol. The highest BCUT2D eigenvalue weighted by Gasteiger charge is 2.24. The minimum atomic E-state index is 0.701. The van der Waals surface area contributed by atoms with E-state index in [2.05, 4.69) is 182 Å². The Hall–Kier alpha value is -6.88. The van der Waals surface area contributed by atoms with Gasteiger partial charge in [0, 0.05) is 32.2 Å². The molecule has 252 valence electrons. The lowest BCUT2D eigenvalue weighted by Gasteiger charge is -2.23. The number of nitrogens with zero attached hydrogens (tertiary/aromatic N) is 2. The Morgan fingerprint density at radius 3 is 1.76 bits per heavy atom. The van der Waals surface area contributed by atoms with Gasteiger partial charge in [-0.2, -0.15) is 0 Å². The van der Waals surface area contributed by atoms with Crippen molar-refractivity contribution in [3.05, 3.63) is 182 Å². The van der Waals surface area contributed by atoms with E-state index in [-0.39, 0.29) is 0 Å². The van der Waals surface area contributed by atoms with Crippen LogP contribution in [0.4, 0.5) is 0 Å². The molecule has 54 heavy (non-hydrogen) atoms. The average Bonchev–Trinajstić information content (AvgIpc) is 3.63. The summed E-state index contributed by atoms with van der Waals surface area (Å²) in [7, 11) is 0. The van der Waals surface area contributed by atoms with Gasteiger partial charge < -0.3 is 4.74 Å². The Balaban J connectivity index is 1.08. The molecule has 11 rings (SSSR count). The molecule has 8 aromatic carbocycles. The van der Waals surface area contributed by atoms with Crippen molar-refractivity contribution in [2.75, 3.05) is 0 Å². The van der Waals surface area contributed by atoms with E-state index in [1.54, 1.807) is 11.3 Å². The Morgan fingerprint density at radius 1 is 0.389 bits per heavy atom. The third-order valence-corrected chi connectivity index (χ3v) is 11.7. The van der Waals surface area contributed by atoms with Crippen LogP contribution >= 0.6 is 11.3 Å². The van der Waals surface area contributed by atoms with E-state index in [1.165, 1.54) is 27.0 Å². The highest BCUT2D eigenvalue weighted by Crippen LogP contribution is 2.50. The monoisotopic (exact) mass is 706 g/mol. The first-order valence-electron chi connectivity index (χ1n) is 18.1. The molecule has 3 nitrogen and oxygen atoms in total. The lowest BCUT2D eigenvalue weighted by molar-refractivity contribution is 0.487. The molecule has 3 heterocycles. The molecule has 0 saturated heterocycles. The molecule has 2 aromatic heterocycles. The quantitative estimate of drug-likeness (QED) is 0.179. The standard InChI is InChI=1S/C50H30N2OS/c1-3-12-31(13-4-1)33-16-9-18-35(28-33)36-24-26-43-42(30-36)39-22-11-21-38-40(25-27-44(53-43)46(38)39)50-51-47(49-48(52-50)41-20-7-8-23-45(41)54-49)37-19-10-17-34(29-37)32-14-5-2-6-15-32/h1-30H. The normalized spacial score (nSPS) is 11.9. The van der Waals surface area contributed by atoms with E-state index < -0.39 is 0 Å². The predicted octanol–water partition coefficient (Wildman–Crippen LogP) is 14.1. The predicted molar refractivity (Wildman–Crippen MR) is 225 cm³/mol. The maximum absolute atomic E-state index is 6.65. The summed E-state index contributed by atoms with van der Waals surface area (Å²) in [5, 5.41) is 3.28. The van der Waals surface area contributed by atoms with Crippen LogP contribution in [0, 0.1) is 0 Å². The van der Waals surface area contributed by atoms with E-state index >= 15 is 0 Å². The molecule has 0 radical (unpaired) electrons. The van der Waals surface area contributed by atoms with E-state index in [0.29, 0.717) is 5.82 Å².